The standard InChI is InChI=1S/C11H7F5O3/c12-7-3-5(19-9(13)14)1-2-6(7)10(8(17)18)4-11(10,15)16/h1-3,9H,4H2,(H,17,18). The molecule has 1 atom stereocenters. The summed E-state index contributed by atoms with van der Waals surface area (Å²) in [4.78, 5) is 10.9. The molecule has 0 aliphatic heterocycles. The Bertz CT molecular complexity index is 531. The molecule has 3 nitrogen and oxygen atoms in total. The lowest BCUT2D eigenvalue weighted by atomic mass is 9.94. The summed E-state index contributed by atoms with van der Waals surface area (Å²) in [5.41, 5.74) is -3.37. The third kappa shape index (κ3) is 2.00. The number of carbonyl (C=O) groups is 1. The fourth-order valence-corrected chi connectivity index (χ4v) is 1.95. The lowest BCUT2D eigenvalue weighted by Crippen LogP contribution is -2.28. The molecule has 1 aromatic carbocycles. The number of ether oxygens (including phenoxy) is 1. The molecule has 0 bridgehead atoms. The van der Waals surface area contributed by atoms with Crippen molar-refractivity contribution in [3.63, 3.8) is 0 Å². The van der Waals surface area contributed by atoms with Crippen LogP contribution in [0.25, 0.3) is 0 Å². The lowest BCUT2D eigenvalue weighted by Gasteiger charge is -2.14. The number of hydrogen-bond acceptors (Lipinski definition) is 2. The molecule has 1 aliphatic rings. The van der Waals surface area contributed by atoms with Crippen molar-refractivity contribution in [1.29, 1.82) is 0 Å². The number of benzene rings is 1. The second-order valence-corrected chi connectivity index (χ2v) is 4.11. The Balaban J connectivity index is 2.39. The van der Waals surface area contributed by atoms with E-state index >= 15 is 0 Å². The molecule has 1 unspecified atom stereocenters. The Morgan fingerprint density at radius 3 is 2.32 bits per heavy atom. The SMILES string of the molecule is O=C(O)C1(c2ccc(OC(F)F)cc2F)CC1(F)F. The van der Waals surface area contributed by atoms with Crippen LogP contribution in [0.4, 0.5) is 22.0 Å². The monoisotopic (exact) mass is 282 g/mol. The maximum Gasteiger partial charge on any atom is 0.387 e. The zero-order valence-electron chi connectivity index (χ0n) is 9.17. The predicted octanol–water partition coefficient (Wildman–Crippen LogP) is 2.79. The highest BCUT2D eigenvalue weighted by atomic mass is 19.3. The second kappa shape index (κ2) is 4.07. The molecule has 1 fully saturated rings. The molecule has 1 N–H and O–H groups in total. The van der Waals surface area contributed by atoms with Gasteiger partial charge in [-0.2, -0.15) is 8.78 Å². The van der Waals surface area contributed by atoms with Crippen molar-refractivity contribution in [2.24, 2.45) is 0 Å². The Kier molecular flexibility index (Phi) is 2.91. The smallest absolute Gasteiger partial charge is 0.387 e. The maximum absolute atomic E-state index is 13.6. The fourth-order valence-electron chi connectivity index (χ4n) is 1.95. The van der Waals surface area contributed by atoms with E-state index in [0.717, 1.165) is 12.1 Å². The lowest BCUT2D eigenvalue weighted by molar-refractivity contribution is -0.143. The van der Waals surface area contributed by atoms with Gasteiger partial charge in [0.1, 0.15) is 11.6 Å². The van der Waals surface area contributed by atoms with Crippen molar-refractivity contribution >= 4 is 5.97 Å². The van der Waals surface area contributed by atoms with Crippen molar-refractivity contribution in [2.75, 3.05) is 0 Å². The first-order valence-corrected chi connectivity index (χ1v) is 5.07. The van der Waals surface area contributed by atoms with Gasteiger partial charge in [-0.25, -0.2) is 13.2 Å². The van der Waals surface area contributed by atoms with Crippen molar-refractivity contribution in [2.45, 2.75) is 24.4 Å². The molecule has 1 aromatic rings. The minimum Gasteiger partial charge on any atom is -0.480 e. The van der Waals surface area contributed by atoms with E-state index in [-0.39, 0.29) is 0 Å². The summed E-state index contributed by atoms with van der Waals surface area (Å²) in [7, 11) is 0. The topological polar surface area (TPSA) is 46.5 Å². The average Bonchev–Trinajstić information content (AvgIpc) is 2.82. The molecule has 0 radical (unpaired) electrons. The van der Waals surface area contributed by atoms with Crippen LogP contribution in [-0.2, 0) is 10.2 Å². The van der Waals surface area contributed by atoms with Gasteiger partial charge in [0.2, 0.25) is 0 Å². The molecule has 0 aromatic heterocycles. The quantitative estimate of drug-likeness (QED) is 0.864. The van der Waals surface area contributed by atoms with Crippen LogP contribution in [0.15, 0.2) is 18.2 Å². The van der Waals surface area contributed by atoms with Crippen LogP contribution in [-0.4, -0.2) is 23.6 Å². The normalized spacial score (nSPS) is 24.3. The molecule has 104 valence electrons. The van der Waals surface area contributed by atoms with E-state index in [1.54, 1.807) is 0 Å². The minimum absolute atomic E-state index is 0.459. The highest BCUT2D eigenvalue weighted by Gasteiger charge is 2.78. The van der Waals surface area contributed by atoms with Crippen LogP contribution in [0.2, 0.25) is 0 Å². The summed E-state index contributed by atoms with van der Waals surface area (Å²) in [6.45, 7) is -3.19. The predicted molar refractivity (Wildman–Crippen MR) is 51.9 cm³/mol. The Morgan fingerprint density at radius 2 is 1.95 bits per heavy atom. The zero-order valence-corrected chi connectivity index (χ0v) is 9.17. The Morgan fingerprint density at radius 1 is 1.37 bits per heavy atom. The van der Waals surface area contributed by atoms with Gasteiger partial charge in [-0.3, -0.25) is 4.79 Å². The third-order valence-electron chi connectivity index (χ3n) is 2.98. The summed E-state index contributed by atoms with van der Waals surface area (Å²) in [5.74, 6) is -7.32. The molecule has 1 saturated carbocycles. The Hall–Kier alpha value is -1.86. The third-order valence-corrected chi connectivity index (χ3v) is 2.98. The summed E-state index contributed by atoms with van der Waals surface area (Å²) in [6.07, 6.45) is -1.03. The van der Waals surface area contributed by atoms with Crippen molar-refractivity contribution < 1.29 is 36.6 Å². The van der Waals surface area contributed by atoms with Gasteiger partial charge in [-0.15, -0.1) is 0 Å². The first kappa shape index (κ1) is 13.6. The average molecular weight is 282 g/mol. The van der Waals surface area contributed by atoms with E-state index in [2.05, 4.69) is 4.74 Å². The van der Waals surface area contributed by atoms with E-state index in [1.807, 2.05) is 0 Å². The molecule has 2 rings (SSSR count). The highest BCUT2D eigenvalue weighted by Crippen LogP contribution is 2.62. The number of carboxylic acid groups (broad SMARTS) is 1. The van der Waals surface area contributed by atoms with Crippen LogP contribution in [0.1, 0.15) is 12.0 Å². The molecule has 0 heterocycles. The van der Waals surface area contributed by atoms with Crippen LogP contribution in [0.3, 0.4) is 0 Å². The van der Waals surface area contributed by atoms with E-state index in [0.29, 0.717) is 6.07 Å². The fraction of sp³-hybridized carbons (Fsp3) is 0.364. The van der Waals surface area contributed by atoms with Crippen LogP contribution < -0.4 is 4.74 Å². The first-order valence-electron chi connectivity index (χ1n) is 5.07. The zero-order chi connectivity index (χ0) is 14.4. The summed E-state index contributed by atoms with van der Waals surface area (Å²) in [5, 5.41) is 8.83. The number of carboxylic acids is 1. The molecule has 0 amide bonds. The second-order valence-electron chi connectivity index (χ2n) is 4.11. The molecule has 8 heteroatoms. The molecule has 0 saturated heterocycles. The van der Waals surface area contributed by atoms with Crippen molar-refractivity contribution in [3.8, 4) is 5.75 Å². The van der Waals surface area contributed by atoms with Crippen LogP contribution in [0, 0.1) is 5.82 Å². The van der Waals surface area contributed by atoms with E-state index in [9.17, 15) is 26.7 Å². The minimum atomic E-state index is -3.56. The van der Waals surface area contributed by atoms with Crippen LogP contribution in [0.5, 0.6) is 5.75 Å². The van der Waals surface area contributed by atoms with Gasteiger partial charge < -0.3 is 9.84 Å². The van der Waals surface area contributed by atoms with Gasteiger partial charge in [0, 0.05) is 18.1 Å². The molecule has 19 heavy (non-hydrogen) atoms. The number of aliphatic carboxylic acids is 1. The largest absolute Gasteiger partial charge is 0.480 e. The molecular formula is C11H7F5O3. The van der Waals surface area contributed by atoms with E-state index in [1.165, 1.54) is 0 Å². The number of halogens is 5. The number of hydrogen-bond donors (Lipinski definition) is 1. The van der Waals surface area contributed by atoms with Gasteiger partial charge >= 0.3 is 12.6 Å². The van der Waals surface area contributed by atoms with E-state index < -0.39 is 47.5 Å². The van der Waals surface area contributed by atoms with Gasteiger partial charge in [0.25, 0.3) is 5.92 Å². The van der Waals surface area contributed by atoms with E-state index in [4.69, 9.17) is 5.11 Å². The Labute approximate surface area is 103 Å². The van der Waals surface area contributed by atoms with Gasteiger partial charge in [0.05, 0.1) is 0 Å². The maximum atomic E-state index is 13.6. The van der Waals surface area contributed by atoms with Crippen molar-refractivity contribution in [1.82, 2.24) is 0 Å². The number of alkyl halides is 4. The highest BCUT2D eigenvalue weighted by molar-refractivity contribution is 5.87. The van der Waals surface area contributed by atoms with Crippen LogP contribution >= 0.6 is 0 Å². The van der Waals surface area contributed by atoms with Gasteiger partial charge in [-0.05, 0) is 6.07 Å². The molecular weight excluding hydrogens is 275 g/mol. The first-order chi connectivity index (χ1) is 8.70. The van der Waals surface area contributed by atoms with Gasteiger partial charge in [0.15, 0.2) is 5.41 Å². The van der Waals surface area contributed by atoms with Crippen molar-refractivity contribution in [3.05, 3.63) is 29.6 Å². The summed E-state index contributed by atoms with van der Waals surface area (Å²) >= 11 is 0. The van der Waals surface area contributed by atoms with Gasteiger partial charge in [-0.1, -0.05) is 6.07 Å². The summed E-state index contributed by atoms with van der Waals surface area (Å²) < 4.78 is 67.6. The molecule has 1 aliphatic carbocycles. The molecule has 0 spiro atoms. The summed E-state index contributed by atoms with van der Waals surface area (Å²) in [6, 6.07) is 2.01. The number of rotatable bonds is 4.